The Kier molecular flexibility index (Phi) is 7.18. The number of rotatable bonds is 7. The molecule has 0 radical (unpaired) electrons. The molecule has 0 bridgehead atoms. The Labute approximate surface area is 199 Å². The summed E-state index contributed by atoms with van der Waals surface area (Å²) in [6.07, 6.45) is 11.1. The van der Waals surface area contributed by atoms with Crippen molar-refractivity contribution in [2.45, 2.75) is 96.4 Å². The monoisotopic (exact) mass is 456 g/mol. The largest absolute Gasteiger partial charge is 0.390 e. The average Bonchev–Trinajstić information content (AvgIpc) is 2.99. The number of aliphatic hydroxyl groups is 1. The van der Waals surface area contributed by atoms with Crippen LogP contribution in [-0.4, -0.2) is 58.7 Å². The summed E-state index contributed by atoms with van der Waals surface area (Å²) in [7, 11) is 2.21. The predicted molar refractivity (Wildman–Crippen MR) is 132 cm³/mol. The normalized spacial score (nSPS) is 34.7. The maximum absolute atomic E-state index is 12.9. The first-order valence-electron chi connectivity index (χ1n) is 12.9. The van der Waals surface area contributed by atoms with Crippen molar-refractivity contribution in [1.82, 2.24) is 20.5 Å². The number of aromatic nitrogens is 1. The molecule has 1 amide bonds. The van der Waals surface area contributed by atoms with Crippen molar-refractivity contribution in [3.63, 3.8) is 0 Å². The van der Waals surface area contributed by atoms with Gasteiger partial charge in [0.15, 0.2) is 0 Å². The second-order valence-corrected chi connectivity index (χ2v) is 12.1. The van der Waals surface area contributed by atoms with E-state index >= 15 is 0 Å². The number of carbonyl (C=O) groups is 1. The number of likely N-dealkylation sites (tertiary alicyclic amines) is 1. The van der Waals surface area contributed by atoms with Crippen LogP contribution in [0.3, 0.4) is 0 Å². The number of amides is 1. The molecule has 2 saturated carbocycles. The Morgan fingerprint density at radius 2 is 1.97 bits per heavy atom. The Morgan fingerprint density at radius 3 is 2.67 bits per heavy atom. The number of piperidine rings is 1. The minimum Gasteiger partial charge on any atom is -0.390 e. The van der Waals surface area contributed by atoms with Crippen molar-refractivity contribution in [3.8, 4) is 0 Å². The zero-order chi connectivity index (χ0) is 23.7. The summed E-state index contributed by atoms with van der Waals surface area (Å²) in [5.74, 6) is 0.538. The number of carbonyl (C=O) groups excluding carboxylic acids is 1. The molecule has 1 aliphatic heterocycles. The van der Waals surface area contributed by atoms with Gasteiger partial charge in [0.2, 0.25) is 5.91 Å². The molecule has 6 nitrogen and oxygen atoms in total. The summed E-state index contributed by atoms with van der Waals surface area (Å²) < 4.78 is 0. The van der Waals surface area contributed by atoms with Gasteiger partial charge in [0.1, 0.15) is 0 Å². The second kappa shape index (κ2) is 9.63. The highest BCUT2D eigenvalue weighted by Gasteiger charge is 2.61. The van der Waals surface area contributed by atoms with Crippen molar-refractivity contribution in [2.24, 2.45) is 16.7 Å². The Balaban J connectivity index is 1.47. The lowest BCUT2D eigenvalue weighted by Gasteiger charge is -2.51. The van der Waals surface area contributed by atoms with Crippen LogP contribution in [0.5, 0.6) is 0 Å². The number of hydrogen-bond donors (Lipinski definition) is 3. The van der Waals surface area contributed by atoms with E-state index in [9.17, 15) is 9.90 Å². The lowest BCUT2D eigenvalue weighted by atomic mass is 9.57. The minimum absolute atomic E-state index is 0.0702. The highest BCUT2D eigenvalue weighted by Crippen LogP contribution is 2.64. The smallest absolute Gasteiger partial charge is 0.220 e. The molecule has 0 aromatic carbocycles. The summed E-state index contributed by atoms with van der Waals surface area (Å²) in [5.41, 5.74) is 0.649. The van der Waals surface area contributed by atoms with Crippen LogP contribution in [-0.2, 0) is 11.3 Å². The maximum atomic E-state index is 12.9. The molecule has 2 heterocycles. The van der Waals surface area contributed by atoms with E-state index in [1.54, 1.807) is 12.4 Å². The Bertz CT molecular complexity index is 804. The summed E-state index contributed by atoms with van der Waals surface area (Å²) in [6, 6.07) is 4.86. The van der Waals surface area contributed by atoms with E-state index in [1.807, 2.05) is 19.1 Å². The third-order valence-electron chi connectivity index (χ3n) is 9.02. The molecule has 3 N–H and O–H groups in total. The van der Waals surface area contributed by atoms with Crippen molar-refractivity contribution in [3.05, 3.63) is 30.1 Å². The molecule has 3 fully saturated rings. The predicted octanol–water partition coefficient (Wildman–Crippen LogP) is 3.50. The van der Waals surface area contributed by atoms with Crippen molar-refractivity contribution in [2.75, 3.05) is 20.1 Å². The van der Waals surface area contributed by atoms with Crippen LogP contribution in [0.1, 0.15) is 77.7 Å². The van der Waals surface area contributed by atoms with Gasteiger partial charge in [-0.25, -0.2) is 0 Å². The molecule has 0 spiro atoms. The second-order valence-electron chi connectivity index (χ2n) is 12.1. The number of nitrogens with zero attached hydrogens (tertiary/aromatic N) is 2. The zero-order valence-electron chi connectivity index (χ0n) is 21.1. The van der Waals surface area contributed by atoms with E-state index in [0.717, 1.165) is 50.8 Å². The molecule has 4 atom stereocenters. The van der Waals surface area contributed by atoms with E-state index in [2.05, 4.69) is 41.4 Å². The van der Waals surface area contributed by atoms with E-state index in [0.29, 0.717) is 31.0 Å². The third kappa shape index (κ3) is 5.60. The average molecular weight is 457 g/mol. The lowest BCUT2D eigenvalue weighted by Crippen LogP contribution is -2.54. The third-order valence-corrected chi connectivity index (χ3v) is 9.02. The number of nitrogens with one attached hydrogen (secondary N) is 2. The van der Waals surface area contributed by atoms with Crippen LogP contribution in [0.25, 0.3) is 0 Å². The van der Waals surface area contributed by atoms with Crippen molar-refractivity contribution >= 4 is 5.91 Å². The van der Waals surface area contributed by atoms with Gasteiger partial charge in [-0.2, -0.15) is 0 Å². The van der Waals surface area contributed by atoms with Crippen LogP contribution >= 0.6 is 0 Å². The number of hydrogen-bond acceptors (Lipinski definition) is 5. The first kappa shape index (κ1) is 24.6. The highest BCUT2D eigenvalue weighted by molar-refractivity contribution is 5.75. The van der Waals surface area contributed by atoms with Gasteiger partial charge in [-0.15, -0.1) is 0 Å². The Morgan fingerprint density at radius 1 is 1.21 bits per heavy atom. The van der Waals surface area contributed by atoms with Crippen LogP contribution in [0, 0.1) is 16.7 Å². The molecule has 1 aromatic heterocycles. The van der Waals surface area contributed by atoms with Gasteiger partial charge >= 0.3 is 0 Å². The van der Waals surface area contributed by atoms with Crippen LogP contribution in [0.15, 0.2) is 24.5 Å². The van der Waals surface area contributed by atoms with Crippen LogP contribution in [0.2, 0.25) is 0 Å². The molecule has 3 aliphatic rings. The molecular formula is C27H44N4O2. The van der Waals surface area contributed by atoms with Crippen molar-refractivity contribution in [1.29, 1.82) is 0 Å². The standard InChI is InChI=1S/C27H44N4O2/c1-25(2)17-23(30-21-8-14-31(4)15-9-21)27(12-11-26(3,33)16-22(25)27)10-7-24(32)29-19-20-6-5-13-28-18-20/h5-6,13,18,21-23,30,33H,7-12,14-17,19H2,1-4H3,(H,29,32). The number of fused-ring (bicyclic) bond motifs is 1. The first-order chi connectivity index (χ1) is 15.6. The van der Waals surface area contributed by atoms with Crippen LogP contribution < -0.4 is 10.6 Å². The van der Waals surface area contributed by atoms with Gasteiger partial charge < -0.3 is 20.6 Å². The van der Waals surface area contributed by atoms with Gasteiger partial charge in [-0.1, -0.05) is 19.9 Å². The van der Waals surface area contributed by atoms with Gasteiger partial charge in [-0.05, 0) is 100 Å². The molecule has 4 unspecified atom stereocenters. The SMILES string of the molecule is CN1CCC(NC2CC(C)(C)C3CC(C)(O)CCC23CCC(=O)NCc2cccnc2)CC1. The van der Waals surface area contributed by atoms with Crippen molar-refractivity contribution < 1.29 is 9.90 Å². The molecular weight excluding hydrogens is 412 g/mol. The highest BCUT2D eigenvalue weighted by atomic mass is 16.3. The number of pyridine rings is 1. The molecule has 33 heavy (non-hydrogen) atoms. The molecule has 184 valence electrons. The van der Waals surface area contributed by atoms with Gasteiger partial charge in [0, 0.05) is 37.4 Å². The Hall–Kier alpha value is -1.50. The van der Waals surface area contributed by atoms with E-state index in [1.165, 1.54) is 12.8 Å². The molecule has 2 aliphatic carbocycles. The first-order valence-corrected chi connectivity index (χ1v) is 12.9. The molecule has 1 aromatic rings. The fraction of sp³-hybridized carbons (Fsp3) is 0.778. The summed E-state index contributed by atoms with van der Waals surface area (Å²) in [6.45, 7) is 9.59. The molecule has 1 saturated heterocycles. The van der Waals surface area contributed by atoms with Gasteiger partial charge in [0.25, 0.3) is 0 Å². The van der Waals surface area contributed by atoms with Gasteiger partial charge in [-0.3, -0.25) is 9.78 Å². The maximum Gasteiger partial charge on any atom is 0.220 e. The van der Waals surface area contributed by atoms with E-state index < -0.39 is 5.60 Å². The molecule has 6 heteroatoms. The van der Waals surface area contributed by atoms with E-state index in [4.69, 9.17) is 0 Å². The quantitative estimate of drug-likeness (QED) is 0.585. The van der Waals surface area contributed by atoms with Gasteiger partial charge in [0.05, 0.1) is 5.60 Å². The minimum atomic E-state index is -0.601. The fourth-order valence-corrected chi connectivity index (χ4v) is 7.06. The zero-order valence-corrected chi connectivity index (χ0v) is 21.1. The summed E-state index contributed by atoms with van der Waals surface area (Å²) >= 11 is 0. The molecule has 4 rings (SSSR count). The summed E-state index contributed by atoms with van der Waals surface area (Å²) in [5, 5.41) is 18.2. The lowest BCUT2D eigenvalue weighted by molar-refractivity contribution is -0.123. The van der Waals surface area contributed by atoms with E-state index in [-0.39, 0.29) is 16.7 Å². The fourth-order valence-electron chi connectivity index (χ4n) is 7.06. The van der Waals surface area contributed by atoms with Crippen LogP contribution in [0.4, 0.5) is 0 Å². The summed E-state index contributed by atoms with van der Waals surface area (Å²) in [4.78, 5) is 19.4. The topological polar surface area (TPSA) is 77.5 Å².